The smallest absolute Gasteiger partial charge is 0.333 e. The summed E-state index contributed by atoms with van der Waals surface area (Å²) in [6, 6.07) is 64.6. The molecule has 0 unspecified atom stereocenters. The van der Waals surface area contributed by atoms with Crippen molar-refractivity contribution in [3.8, 4) is 33.4 Å². The van der Waals surface area contributed by atoms with Gasteiger partial charge in [0, 0.05) is 54.2 Å². The van der Waals surface area contributed by atoms with E-state index in [1.54, 1.807) is 11.1 Å². The Kier molecular flexibility index (Phi) is 7.94. The Labute approximate surface area is 426 Å². The first kappa shape index (κ1) is 40.2. The second-order valence-electron chi connectivity index (χ2n) is 24.9. The number of anilines is 3. The van der Waals surface area contributed by atoms with E-state index < -0.39 is 0 Å². The second kappa shape index (κ2) is 14.2. The molecule has 0 saturated heterocycles. The molecule has 2 nitrogen and oxygen atoms in total. The summed E-state index contributed by atoms with van der Waals surface area (Å²) in [6.45, 7) is -0.00795. The number of aromatic nitrogens is 1. The zero-order chi connectivity index (χ0) is 46.6. The molecule has 348 valence electrons. The van der Waals surface area contributed by atoms with E-state index in [4.69, 9.17) is 0 Å². The summed E-state index contributed by atoms with van der Waals surface area (Å²) in [5, 5.41) is 5.78. The summed E-state index contributed by atoms with van der Waals surface area (Å²) in [5.41, 5.74) is 21.5. The number of hydrogen-bond acceptors (Lipinski definition) is 2. The standard InChI is InChI=1S/C68H57BN2S/c1-3-9-46(10-4-1)48-15-19-52(20-16-48)70-61-21-17-49(47-11-5-2-6-12-47)29-59(61)69-63-55(33-58-53-13-7-8-14-62(53)72-66(58)65(63)70)57-32-51(68-37-43-26-44(38-68)28-45(27-43)39-68)31-56-54-30-50(18-22-60(54)71(69)64(56)57)67-34-40-23-41(35-67)25-42(24-40)36-67/h1-22,29-33,40-45H,23-28,34-39H2. The average Bonchev–Trinajstić information content (AvgIpc) is 3.95. The molecular weight excluding hydrogens is 888 g/mol. The quantitative estimate of drug-likeness (QED) is 0.156. The SMILES string of the molecule is c1ccc(-c2ccc(N3c4ccc(-c5ccccc5)cc4B4c5c(cc6c(sc7ccccc76)c53)-c3cc(C56CC7CC(CC(C7)C5)C6)cc5c6cc(C78CC9CC(CC(C9)C7)C8)ccc6n4c35)cc2)cc1. The van der Waals surface area contributed by atoms with Crippen LogP contribution < -0.4 is 15.8 Å². The van der Waals surface area contributed by atoms with Gasteiger partial charge in [-0.25, -0.2) is 0 Å². The van der Waals surface area contributed by atoms with Crippen LogP contribution in [-0.2, 0) is 10.8 Å². The van der Waals surface area contributed by atoms with Crippen molar-refractivity contribution < 1.29 is 0 Å². The van der Waals surface area contributed by atoms with Crippen LogP contribution >= 0.6 is 11.3 Å². The van der Waals surface area contributed by atoms with Crippen molar-refractivity contribution in [2.24, 2.45) is 35.5 Å². The molecule has 0 amide bonds. The zero-order valence-corrected chi connectivity index (χ0v) is 41.7. The van der Waals surface area contributed by atoms with Crippen molar-refractivity contribution in [3.05, 3.63) is 175 Å². The Morgan fingerprint density at radius 3 is 1.68 bits per heavy atom. The molecule has 8 fully saturated rings. The van der Waals surface area contributed by atoms with E-state index in [1.165, 1.54) is 180 Å². The predicted molar refractivity (Wildman–Crippen MR) is 303 cm³/mol. The van der Waals surface area contributed by atoms with Crippen LogP contribution in [0.2, 0.25) is 0 Å². The van der Waals surface area contributed by atoms with E-state index in [-0.39, 0.29) is 12.3 Å². The molecule has 10 aliphatic rings. The summed E-state index contributed by atoms with van der Waals surface area (Å²) in [4.78, 5) is 2.69. The number of fused-ring (bicyclic) bond motifs is 11. The lowest BCUT2D eigenvalue weighted by Crippen LogP contribution is -2.56. The third kappa shape index (κ3) is 5.42. The van der Waals surface area contributed by atoms with Gasteiger partial charge in [0.25, 0.3) is 0 Å². The summed E-state index contributed by atoms with van der Waals surface area (Å²) < 4.78 is 5.64. The number of benzene rings is 8. The lowest BCUT2D eigenvalue weighted by atomic mass is 9.44. The van der Waals surface area contributed by atoms with E-state index >= 15 is 0 Å². The number of hydrogen-bond donors (Lipinski definition) is 0. The maximum atomic E-state index is 2.89. The highest BCUT2D eigenvalue weighted by atomic mass is 32.1. The van der Waals surface area contributed by atoms with Crippen LogP contribution in [-0.4, -0.2) is 11.3 Å². The minimum atomic E-state index is -0.00795. The Morgan fingerprint density at radius 2 is 1.01 bits per heavy atom. The van der Waals surface area contributed by atoms with E-state index in [9.17, 15) is 0 Å². The summed E-state index contributed by atoms with van der Waals surface area (Å²) in [5.74, 6) is 5.40. The molecule has 20 rings (SSSR count). The van der Waals surface area contributed by atoms with Crippen LogP contribution in [0.1, 0.15) is 88.2 Å². The third-order valence-electron chi connectivity index (χ3n) is 20.8. The lowest BCUT2D eigenvalue weighted by Gasteiger charge is -2.57. The highest BCUT2D eigenvalue weighted by Gasteiger charge is 2.54. The first-order chi connectivity index (χ1) is 35.5. The monoisotopic (exact) mass is 944 g/mol. The van der Waals surface area contributed by atoms with E-state index in [0.717, 1.165) is 35.5 Å². The van der Waals surface area contributed by atoms with Crippen LogP contribution in [0.5, 0.6) is 0 Å². The molecule has 0 atom stereocenters. The highest BCUT2D eigenvalue weighted by molar-refractivity contribution is 7.26. The molecule has 8 aromatic carbocycles. The summed E-state index contributed by atoms with van der Waals surface area (Å²) >= 11 is 1.99. The molecule has 0 spiro atoms. The Bertz CT molecular complexity index is 3880. The molecule has 0 N–H and O–H groups in total. The fraction of sp³-hybridized carbons (Fsp3) is 0.294. The van der Waals surface area contributed by atoms with Gasteiger partial charge in [-0.15, -0.1) is 11.3 Å². The van der Waals surface area contributed by atoms with E-state index in [1.807, 2.05) is 11.3 Å². The van der Waals surface area contributed by atoms with E-state index in [2.05, 4.69) is 173 Å². The number of thiophene rings is 1. The van der Waals surface area contributed by atoms with Gasteiger partial charge in [-0.3, -0.25) is 0 Å². The largest absolute Gasteiger partial charge is 0.375 e. The molecule has 8 saturated carbocycles. The number of rotatable bonds is 5. The first-order valence-electron chi connectivity index (χ1n) is 27.8. The van der Waals surface area contributed by atoms with Crippen LogP contribution in [0.4, 0.5) is 17.1 Å². The van der Waals surface area contributed by atoms with Crippen LogP contribution in [0.25, 0.3) is 75.4 Å². The molecule has 8 bridgehead atoms. The topological polar surface area (TPSA) is 8.17 Å². The molecule has 4 heteroatoms. The van der Waals surface area contributed by atoms with Crippen molar-refractivity contribution >= 4 is 88.2 Å². The van der Waals surface area contributed by atoms with Crippen molar-refractivity contribution in [2.75, 3.05) is 4.90 Å². The van der Waals surface area contributed by atoms with Gasteiger partial charge < -0.3 is 9.38 Å². The van der Waals surface area contributed by atoms with Gasteiger partial charge in [-0.1, -0.05) is 109 Å². The first-order valence-corrected chi connectivity index (χ1v) is 28.6. The van der Waals surface area contributed by atoms with Crippen molar-refractivity contribution in [1.29, 1.82) is 0 Å². The van der Waals surface area contributed by atoms with Gasteiger partial charge in [0.05, 0.1) is 10.4 Å². The van der Waals surface area contributed by atoms with Crippen LogP contribution in [0.3, 0.4) is 0 Å². The molecule has 72 heavy (non-hydrogen) atoms. The predicted octanol–water partition coefficient (Wildman–Crippen LogP) is 16.8. The van der Waals surface area contributed by atoms with E-state index in [0.29, 0.717) is 5.41 Å². The highest BCUT2D eigenvalue weighted by Crippen LogP contribution is 2.64. The van der Waals surface area contributed by atoms with Crippen LogP contribution in [0, 0.1) is 35.5 Å². The average molecular weight is 945 g/mol. The fourth-order valence-corrected chi connectivity index (χ4v) is 20.1. The second-order valence-corrected chi connectivity index (χ2v) is 25.9. The molecule has 4 heterocycles. The maximum absolute atomic E-state index is 2.89. The Morgan fingerprint density at radius 1 is 0.444 bits per heavy atom. The maximum Gasteiger partial charge on any atom is 0.333 e. The van der Waals surface area contributed by atoms with Gasteiger partial charge in [-0.05, 0) is 228 Å². The van der Waals surface area contributed by atoms with Crippen molar-refractivity contribution in [2.45, 2.75) is 87.9 Å². The van der Waals surface area contributed by atoms with Gasteiger partial charge in [-0.2, -0.15) is 0 Å². The summed E-state index contributed by atoms with van der Waals surface area (Å²) in [6.07, 6.45) is 17.1. The van der Waals surface area contributed by atoms with Crippen molar-refractivity contribution in [3.63, 3.8) is 0 Å². The molecule has 10 aromatic rings. The normalized spacial score (nSPS) is 27.9. The zero-order valence-electron chi connectivity index (χ0n) is 40.9. The van der Waals surface area contributed by atoms with Gasteiger partial charge in [0.1, 0.15) is 0 Å². The Balaban J connectivity index is 0.962. The minimum absolute atomic E-state index is 0.00795. The molecule has 2 aromatic heterocycles. The van der Waals surface area contributed by atoms with Crippen LogP contribution in [0.15, 0.2) is 164 Å². The molecule has 0 radical (unpaired) electrons. The number of nitrogens with zero attached hydrogens (tertiary/aromatic N) is 2. The minimum Gasteiger partial charge on any atom is -0.375 e. The Hall–Kier alpha value is -6.36. The molecular formula is C68H57BN2S. The third-order valence-corrected chi connectivity index (χ3v) is 22.0. The fourth-order valence-electron chi connectivity index (χ4n) is 18.8. The van der Waals surface area contributed by atoms with Gasteiger partial charge >= 0.3 is 6.85 Å². The van der Waals surface area contributed by atoms with Gasteiger partial charge in [0.2, 0.25) is 0 Å². The lowest BCUT2D eigenvalue weighted by molar-refractivity contribution is -0.00527. The van der Waals surface area contributed by atoms with Gasteiger partial charge in [0.15, 0.2) is 0 Å². The molecule has 8 aliphatic carbocycles. The van der Waals surface area contributed by atoms with Crippen molar-refractivity contribution in [1.82, 2.24) is 4.48 Å². The summed E-state index contributed by atoms with van der Waals surface area (Å²) in [7, 11) is 0. The molecule has 2 aliphatic heterocycles.